The van der Waals surface area contributed by atoms with E-state index in [1.54, 1.807) is 6.07 Å². The number of Topliss-reactive ketones (excluding diaryl/α,β-unsaturated/α-hetero) is 1. The Morgan fingerprint density at radius 2 is 2.29 bits per heavy atom. The minimum absolute atomic E-state index is 0.0234. The van der Waals surface area contributed by atoms with E-state index in [-0.39, 0.29) is 11.8 Å². The van der Waals surface area contributed by atoms with Gasteiger partial charge in [0.1, 0.15) is 0 Å². The number of nitrogens with zero attached hydrogens (tertiary/aromatic N) is 1. The maximum Gasteiger partial charge on any atom is 0.205 e. The lowest BCUT2D eigenvalue weighted by Gasteiger charge is -2.41. The highest BCUT2D eigenvalue weighted by Crippen LogP contribution is 2.44. The number of ketones is 1. The van der Waals surface area contributed by atoms with Gasteiger partial charge in [0.05, 0.1) is 0 Å². The molecule has 0 spiro atoms. The molecule has 0 saturated heterocycles. The van der Waals surface area contributed by atoms with Gasteiger partial charge in [-0.15, -0.1) is 0 Å². The van der Waals surface area contributed by atoms with Crippen LogP contribution in [0.4, 0.5) is 0 Å². The van der Waals surface area contributed by atoms with Gasteiger partial charge in [0.25, 0.3) is 0 Å². The van der Waals surface area contributed by atoms with Gasteiger partial charge in [-0.3, -0.25) is 4.79 Å². The monoisotopic (exact) mass is 306 g/mol. The quantitative estimate of drug-likeness (QED) is 0.934. The van der Waals surface area contributed by atoms with Crippen LogP contribution in [0.1, 0.15) is 38.2 Å². The molecule has 2 N–H and O–H groups in total. The molecule has 2 aliphatic rings. The molecule has 0 radical (unpaired) electrons. The summed E-state index contributed by atoms with van der Waals surface area (Å²) in [6.07, 6.45) is 2.44. The third kappa shape index (κ3) is 2.47. The third-order valence-corrected chi connectivity index (χ3v) is 4.44. The van der Waals surface area contributed by atoms with Crippen molar-refractivity contribution in [3.05, 3.63) is 34.9 Å². The van der Waals surface area contributed by atoms with Crippen LogP contribution < -0.4 is 5.73 Å². The van der Waals surface area contributed by atoms with E-state index in [0.717, 1.165) is 18.4 Å². The third-order valence-electron chi connectivity index (χ3n) is 4.11. The second-order valence-electron chi connectivity index (χ2n) is 5.89. The van der Waals surface area contributed by atoms with E-state index in [1.165, 1.54) is 0 Å². The van der Waals surface area contributed by atoms with Crippen LogP contribution in [0.3, 0.4) is 0 Å². The zero-order chi connectivity index (χ0) is 15.0. The summed E-state index contributed by atoms with van der Waals surface area (Å²) in [5, 5.41) is 0.581. The smallest absolute Gasteiger partial charge is 0.205 e. The van der Waals surface area contributed by atoms with Crippen molar-refractivity contribution in [1.29, 1.82) is 0 Å². The topological polar surface area (TPSA) is 64.7 Å². The fourth-order valence-corrected chi connectivity index (χ4v) is 3.48. The zero-order valence-corrected chi connectivity index (χ0v) is 12.8. The summed E-state index contributed by atoms with van der Waals surface area (Å²) in [5.41, 5.74) is 5.75. The van der Waals surface area contributed by atoms with Crippen molar-refractivity contribution < 1.29 is 9.53 Å². The maximum absolute atomic E-state index is 12.8. The molecular weight excluding hydrogens is 288 g/mol. The lowest BCUT2D eigenvalue weighted by Crippen LogP contribution is -2.51. The van der Waals surface area contributed by atoms with E-state index in [2.05, 4.69) is 4.99 Å². The van der Waals surface area contributed by atoms with Crippen LogP contribution in [-0.4, -0.2) is 23.8 Å². The second-order valence-corrected chi connectivity index (χ2v) is 6.30. The molecule has 112 valence electrons. The highest BCUT2D eigenvalue weighted by atomic mass is 35.5. The van der Waals surface area contributed by atoms with Crippen molar-refractivity contribution in [2.24, 2.45) is 10.7 Å². The van der Waals surface area contributed by atoms with Crippen molar-refractivity contribution in [2.45, 2.75) is 50.3 Å². The van der Waals surface area contributed by atoms with Crippen molar-refractivity contribution >= 4 is 23.3 Å². The molecule has 0 amide bonds. The predicted molar refractivity (Wildman–Crippen MR) is 82.6 cm³/mol. The van der Waals surface area contributed by atoms with E-state index in [1.807, 2.05) is 25.1 Å². The van der Waals surface area contributed by atoms with Gasteiger partial charge in [-0.05, 0) is 32.3 Å². The van der Waals surface area contributed by atoms with Gasteiger partial charge in [-0.25, -0.2) is 4.99 Å². The molecule has 21 heavy (non-hydrogen) atoms. The standard InChI is InChI=1S/C16H19ClN2O2/c1-10(18)9-14-19-16(11-5-2-3-6-12(11)17)8-4-7-13(21-14)15(16)20/h2-3,5-6,10,13H,4,7-9,18H2,1H3/t10?,13-,16-/m1/s1. The average molecular weight is 307 g/mol. The van der Waals surface area contributed by atoms with E-state index >= 15 is 0 Å². The maximum atomic E-state index is 12.8. The van der Waals surface area contributed by atoms with Gasteiger partial charge < -0.3 is 10.5 Å². The minimum Gasteiger partial charge on any atom is -0.470 e. The molecule has 1 heterocycles. The minimum atomic E-state index is -0.885. The Hall–Kier alpha value is -1.39. The SMILES string of the molecule is CC(N)CC1=N[C@@]2(c3ccccc3Cl)CCC[C@@H](O1)C2=O. The number of ether oxygens (including phenoxy) is 1. The largest absolute Gasteiger partial charge is 0.470 e. The van der Waals surface area contributed by atoms with Gasteiger partial charge in [-0.2, -0.15) is 0 Å². The molecule has 1 aliphatic carbocycles. The summed E-state index contributed by atoms with van der Waals surface area (Å²) >= 11 is 6.33. The first-order valence-corrected chi connectivity index (χ1v) is 7.71. The Balaban J connectivity index is 2.11. The Bertz CT molecular complexity index is 600. The van der Waals surface area contributed by atoms with Crippen LogP contribution in [-0.2, 0) is 15.1 Å². The molecule has 3 rings (SSSR count). The fourth-order valence-electron chi connectivity index (χ4n) is 3.18. The van der Waals surface area contributed by atoms with Crippen LogP contribution in [0.25, 0.3) is 0 Å². The number of carbonyl (C=O) groups excluding carboxylic acids is 1. The fraction of sp³-hybridized carbons (Fsp3) is 0.500. The number of hydrogen-bond acceptors (Lipinski definition) is 4. The predicted octanol–water partition coefficient (Wildman–Crippen LogP) is 2.82. The van der Waals surface area contributed by atoms with E-state index in [9.17, 15) is 4.79 Å². The number of aliphatic imine (C=N–C) groups is 1. The number of benzene rings is 1. The molecule has 1 aromatic carbocycles. The lowest BCUT2D eigenvalue weighted by molar-refractivity contribution is -0.137. The lowest BCUT2D eigenvalue weighted by atomic mass is 9.74. The highest BCUT2D eigenvalue weighted by Gasteiger charge is 2.51. The first-order chi connectivity index (χ1) is 10.0. The number of halogens is 1. The molecule has 4 nitrogen and oxygen atoms in total. The summed E-state index contributed by atoms with van der Waals surface area (Å²) < 4.78 is 5.74. The molecule has 3 atom stereocenters. The van der Waals surface area contributed by atoms with Crippen LogP contribution in [0, 0.1) is 0 Å². The molecule has 1 unspecified atom stereocenters. The van der Waals surface area contributed by atoms with E-state index in [0.29, 0.717) is 23.8 Å². The molecule has 1 aromatic rings. The summed E-state index contributed by atoms with van der Waals surface area (Å²) in [4.78, 5) is 17.5. The van der Waals surface area contributed by atoms with Crippen LogP contribution in [0.5, 0.6) is 0 Å². The normalized spacial score (nSPS) is 29.6. The van der Waals surface area contributed by atoms with Gasteiger partial charge in [-0.1, -0.05) is 29.8 Å². The molecule has 1 saturated carbocycles. The number of fused-ring (bicyclic) bond motifs is 2. The van der Waals surface area contributed by atoms with Crippen molar-refractivity contribution in [2.75, 3.05) is 0 Å². The highest BCUT2D eigenvalue weighted by molar-refractivity contribution is 6.32. The van der Waals surface area contributed by atoms with Gasteiger partial charge in [0, 0.05) is 23.0 Å². The number of rotatable bonds is 3. The zero-order valence-electron chi connectivity index (χ0n) is 12.0. The summed E-state index contributed by atoms with van der Waals surface area (Å²) in [6.45, 7) is 1.90. The van der Waals surface area contributed by atoms with Gasteiger partial charge in [0.2, 0.25) is 5.78 Å². The molecule has 0 aromatic heterocycles. The molecular formula is C16H19ClN2O2. The Labute approximate surface area is 129 Å². The molecule has 2 bridgehead atoms. The van der Waals surface area contributed by atoms with Crippen molar-refractivity contribution in [3.8, 4) is 0 Å². The molecule has 1 fully saturated rings. The van der Waals surface area contributed by atoms with Crippen LogP contribution in [0.2, 0.25) is 5.02 Å². The Morgan fingerprint density at radius 1 is 1.52 bits per heavy atom. The number of nitrogens with two attached hydrogens (primary N) is 1. The number of hydrogen-bond donors (Lipinski definition) is 1. The second kappa shape index (κ2) is 5.43. The van der Waals surface area contributed by atoms with Crippen molar-refractivity contribution in [3.63, 3.8) is 0 Å². The Kier molecular flexibility index (Phi) is 3.76. The van der Waals surface area contributed by atoms with Gasteiger partial charge >= 0.3 is 0 Å². The number of carbonyl (C=O) groups is 1. The average Bonchev–Trinajstić information content (AvgIpc) is 2.40. The first kappa shape index (κ1) is 14.5. The molecule has 1 aliphatic heterocycles. The Morgan fingerprint density at radius 3 is 3.00 bits per heavy atom. The summed E-state index contributed by atoms with van der Waals surface area (Å²) in [5.74, 6) is 0.601. The van der Waals surface area contributed by atoms with Gasteiger partial charge in [0.15, 0.2) is 17.5 Å². The first-order valence-electron chi connectivity index (χ1n) is 7.33. The van der Waals surface area contributed by atoms with Crippen LogP contribution in [0.15, 0.2) is 29.3 Å². The van der Waals surface area contributed by atoms with Crippen LogP contribution >= 0.6 is 11.6 Å². The molecule has 5 heteroatoms. The van der Waals surface area contributed by atoms with Crippen molar-refractivity contribution in [1.82, 2.24) is 0 Å². The summed E-state index contributed by atoms with van der Waals surface area (Å²) in [6, 6.07) is 7.39. The van der Waals surface area contributed by atoms with E-state index < -0.39 is 11.6 Å². The summed E-state index contributed by atoms with van der Waals surface area (Å²) in [7, 11) is 0. The van der Waals surface area contributed by atoms with E-state index in [4.69, 9.17) is 22.1 Å².